The number of hydrogen-bond donors (Lipinski definition) is 0. The lowest BCUT2D eigenvalue weighted by Gasteiger charge is -2.30. The highest BCUT2D eigenvalue weighted by Crippen LogP contribution is 2.53. The standard InChI is InChI=1S/C16H19BO3/c1-11-13-7-8-16(11,20-15(13)17)9-14(18)19-10-12-5-3-2-4-6-12/h2-6,11,13,15H,7-10H2,1H3/t11-,13?,15-,16-/m1/s1. The molecule has 3 nitrogen and oxygen atoms in total. The molecule has 1 unspecified atom stereocenters. The van der Waals surface area contributed by atoms with Gasteiger partial charge in [0.1, 0.15) is 14.5 Å². The second-order valence-corrected chi connectivity index (χ2v) is 5.96. The first-order chi connectivity index (χ1) is 9.61. The van der Waals surface area contributed by atoms with Crippen LogP contribution in [0.1, 0.15) is 31.7 Å². The summed E-state index contributed by atoms with van der Waals surface area (Å²) in [7, 11) is 5.96. The van der Waals surface area contributed by atoms with Gasteiger partial charge in [0.15, 0.2) is 0 Å². The molecule has 3 rings (SSSR count). The van der Waals surface area contributed by atoms with Gasteiger partial charge in [-0.2, -0.15) is 0 Å². The highest BCUT2D eigenvalue weighted by atomic mass is 16.5. The van der Waals surface area contributed by atoms with Gasteiger partial charge in [-0.05, 0) is 30.2 Å². The second kappa shape index (κ2) is 5.25. The Kier molecular flexibility index (Phi) is 3.59. The number of carbonyl (C=O) groups excluding carboxylic acids is 1. The van der Waals surface area contributed by atoms with Crippen LogP contribution in [0.2, 0.25) is 0 Å². The molecule has 0 amide bonds. The van der Waals surface area contributed by atoms with Gasteiger partial charge in [-0.25, -0.2) is 0 Å². The molecule has 0 spiro atoms. The van der Waals surface area contributed by atoms with E-state index in [1.807, 2.05) is 30.3 Å². The highest BCUT2D eigenvalue weighted by molar-refractivity contribution is 6.11. The van der Waals surface area contributed by atoms with Crippen molar-refractivity contribution in [1.82, 2.24) is 0 Å². The Morgan fingerprint density at radius 2 is 2.20 bits per heavy atom. The van der Waals surface area contributed by atoms with Crippen LogP contribution in [0, 0.1) is 11.8 Å². The van der Waals surface area contributed by atoms with E-state index in [0.29, 0.717) is 24.9 Å². The molecule has 4 heteroatoms. The summed E-state index contributed by atoms with van der Waals surface area (Å²) in [6, 6.07) is 9.48. The topological polar surface area (TPSA) is 35.5 Å². The summed E-state index contributed by atoms with van der Waals surface area (Å²) >= 11 is 0. The molecule has 1 aliphatic heterocycles. The molecule has 1 aliphatic carbocycles. The molecule has 1 saturated carbocycles. The van der Waals surface area contributed by atoms with Crippen molar-refractivity contribution in [2.45, 2.75) is 44.4 Å². The van der Waals surface area contributed by atoms with E-state index in [0.717, 1.165) is 18.4 Å². The number of esters is 1. The Labute approximate surface area is 121 Å². The lowest BCUT2D eigenvalue weighted by Crippen LogP contribution is -2.36. The SMILES string of the molecule is [B][C@@H]1O[C@@]2(CC(=O)OCc3ccccc3)CCC1[C@H]2C. The summed E-state index contributed by atoms with van der Waals surface area (Å²) in [4.78, 5) is 12.1. The van der Waals surface area contributed by atoms with Gasteiger partial charge in [-0.3, -0.25) is 4.79 Å². The minimum atomic E-state index is -0.391. The van der Waals surface area contributed by atoms with Crippen molar-refractivity contribution in [1.29, 1.82) is 0 Å². The third kappa shape index (κ3) is 2.37. The normalized spacial score (nSPS) is 35.1. The molecule has 2 aliphatic rings. The number of benzene rings is 1. The van der Waals surface area contributed by atoms with Crippen LogP contribution in [0.3, 0.4) is 0 Å². The average Bonchev–Trinajstić information content (AvgIpc) is 2.86. The van der Waals surface area contributed by atoms with Crippen LogP contribution in [0.4, 0.5) is 0 Å². The largest absolute Gasteiger partial charge is 0.461 e. The van der Waals surface area contributed by atoms with Crippen molar-refractivity contribution < 1.29 is 14.3 Å². The third-order valence-corrected chi connectivity index (χ3v) is 4.85. The van der Waals surface area contributed by atoms with E-state index in [1.54, 1.807) is 0 Å². The molecule has 1 heterocycles. The summed E-state index contributed by atoms with van der Waals surface area (Å²) in [6.45, 7) is 2.45. The first-order valence-electron chi connectivity index (χ1n) is 7.24. The molecule has 2 radical (unpaired) electrons. The van der Waals surface area contributed by atoms with Crippen LogP contribution in [-0.2, 0) is 20.9 Å². The van der Waals surface area contributed by atoms with E-state index in [-0.39, 0.29) is 12.0 Å². The molecule has 1 saturated heterocycles. The van der Waals surface area contributed by atoms with Crippen LogP contribution in [-0.4, -0.2) is 25.4 Å². The highest BCUT2D eigenvalue weighted by Gasteiger charge is 2.56. The molecule has 1 aromatic rings. The molecular weight excluding hydrogens is 251 g/mol. The van der Waals surface area contributed by atoms with Gasteiger partial charge < -0.3 is 9.47 Å². The fraction of sp³-hybridized carbons (Fsp3) is 0.562. The van der Waals surface area contributed by atoms with E-state index in [9.17, 15) is 4.79 Å². The second-order valence-electron chi connectivity index (χ2n) is 5.96. The molecule has 2 fully saturated rings. The van der Waals surface area contributed by atoms with Crippen molar-refractivity contribution >= 4 is 13.8 Å². The van der Waals surface area contributed by atoms with Crippen LogP contribution in [0.25, 0.3) is 0 Å². The zero-order valence-corrected chi connectivity index (χ0v) is 11.7. The van der Waals surface area contributed by atoms with Gasteiger partial charge in [0.25, 0.3) is 0 Å². The summed E-state index contributed by atoms with van der Waals surface area (Å²) in [6.07, 6.45) is 2.27. The van der Waals surface area contributed by atoms with Gasteiger partial charge in [0, 0.05) is 6.00 Å². The van der Waals surface area contributed by atoms with E-state index in [1.165, 1.54) is 0 Å². The van der Waals surface area contributed by atoms with E-state index in [4.69, 9.17) is 17.3 Å². The maximum absolute atomic E-state index is 12.1. The lowest BCUT2D eigenvalue weighted by molar-refractivity contribution is -0.153. The predicted octanol–water partition coefficient (Wildman–Crippen LogP) is 2.43. The summed E-state index contributed by atoms with van der Waals surface area (Å²) < 4.78 is 11.2. The Hall–Kier alpha value is -1.29. The predicted molar refractivity (Wildman–Crippen MR) is 76.1 cm³/mol. The molecular formula is C16H19BO3. The van der Waals surface area contributed by atoms with E-state index < -0.39 is 5.60 Å². The number of ether oxygens (including phenoxy) is 2. The number of hydrogen-bond acceptors (Lipinski definition) is 3. The molecule has 104 valence electrons. The van der Waals surface area contributed by atoms with E-state index in [2.05, 4.69) is 6.92 Å². The molecule has 20 heavy (non-hydrogen) atoms. The van der Waals surface area contributed by atoms with Crippen LogP contribution in [0.15, 0.2) is 30.3 Å². The Morgan fingerprint density at radius 3 is 2.80 bits per heavy atom. The fourth-order valence-electron chi connectivity index (χ4n) is 3.58. The fourth-order valence-corrected chi connectivity index (χ4v) is 3.58. The summed E-state index contributed by atoms with van der Waals surface area (Å²) in [5, 5.41) is 0. The van der Waals surface area contributed by atoms with Crippen molar-refractivity contribution in [2.75, 3.05) is 0 Å². The smallest absolute Gasteiger partial charge is 0.309 e. The quantitative estimate of drug-likeness (QED) is 0.622. The van der Waals surface area contributed by atoms with Gasteiger partial charge in [-0.1, -0.05) is 37.3 Å². The minimum absolute atomic E-state index is 0.199. The van der Waals surface area contributed by atoms with Gasteiger partial charge >= 0.3 is 5.97 Å². The van der Waals surface area contributed by atoms with Gasteiger partial charge in [0.2, 0.25) is 0 Å². The number of fused-ring (bicyclic) bond motifs is 2. The van der Waals surface area contributed by atoms with Crippen molar-refractivity contribution in [3.63, 3.8) is 0 Å². The van der Waals surface area contributed by atoms with Crippen LogP contribution >= 0.6 is 0 Å². The van der Waals surface area contributed by atoms with Crippen molar-refractivity contribution in [3.8, 4) is 0 Å². The molecule has 1 aromatic carbocycles. The molecule has 2 bridgehead atoms. The zero-order chi connectivity index (χ0) is 14.2. The maximum Gasteiger partial charge on any atom is 0.309 e. The van der Waals surface area contributed by atoms with E-state index >= 15 is 0 Å². The first kappa shape index (κ1) is 13.7. The maximum atomic E-state index is 12.1. The molecule has 0 aromatic heterocycles. The Morgan fingerprint density at radius 1 is 1.45 bits per heavy atom. The first-order valence-corrected chi connectivity index (χ1v) is 7.24. The number of carbonyl (C=O) groups is 1. The van der Waals surface area contributed by atoms with Crippen molar-refractivity contribution in [2.24, 2.45) is 11.8 Å². The third-order valence-electron chi connectivity index (χ3n) is 4.85. The van der Waals surface area contributed by atoms with Crippen LogP contribution < -0.4 is 0 Å². The van der Waals surface area contributed by atoms with Crippen LogP contribution in [0.5, 0.6) is 0 Å². The summed E-state index contributed by atoms with van der Waals surface area (Å²) in [5.74, 6) is 0.522. The minimum Gasteiger partial charge on any atom is -0.461 e. The van der Waals surface area contributed by atoms with Crippen molar-refractivity contribution in [3.05, 3.63) is 35.9 Å². The molecule has 4 atom stereocenters. The van der Waals surface area contributed by atoms with Gasteiger partial charge in [-0.15, -0.1) is 0 Å². The lowest BCUT2D eigenvalue weighted by atomic mass is 9.81. The van der Waals surface area contributed by atoms with Gasteiger partial charge in [0.05, 0.1) is 12.0 Å². The Bertz CT molecular complexity index is 490. The zero-order valence-electron chi connectivity index (χ0n) is 11.7. The summed E-state index contributed by atoms with van der Waals surface area (Å²) in [5.41, 5.74) is 0.609. The average molecular weight is 270 g/mol. The number of rotatable bonds is 4. The Balaban J connectivity index is 1.57. The monoisotopic (exact) mass is 270 g/mol. The molecule has 0 N–H and O–H groups in total.